The minimum Gasteiger partial charge on any atom is -0.478 e. The van der Waals surface area contributed by atoms with Gasteiger partial charge in [0.25, 0.3) is 0 Å². The Kier molecular flexibility index (Phi) is 4.48. The molecule has 22 heavy (non-hydrogen) atoms. The molecular weight excluding hydrogens is 346 g/mol. The fourth-order valence-electron chi connectivity index (χ4n) is 1.50. The number of ether oxygens (including phenoxy) is 1. The molecule has 0 unspecified atom stereocenters. The van der Waals surface area contributed by atoms with Gasteiger partial charge in [-0.25, -0.2) is 9.78 Å². The van der Waals surface area contributed by atoms with Crippen LogP contribution in [0.1, 0.15) is 15.9 Å². The van der Waals surface area contributed by atoms with E-state index in [1.54, 1.807) is 0 Å². The maximum Gasteiger partial charge on any atom is 0.417 e. The van der Waals surface area contributed by atoms with E-state index in [4.69, 9.17) is 33.0 Å². The maximum absolute atomic E-state index is 12.5. The monoisotopic (exact) mass is 351 g/mol. The van der Waals surface area contributed by atoms with Gasteiger partial charge in [0.2, 0.25) is 5.88 Å². The Bertz CT molecular complexity index is 735. The predicted molar refractivity (Wildman–Crippen MR) is 72.7 cm³/mol. The molecule has 0 saturated carbocycles. The fourth-order valence-corrected chi connectivity index (χ4v) is 1.90. The highest BCUT2D eigenvalue weighted by Crippen LogP contribution is 2.35. The van der Waals surface area contributed by atoms with Crippen LogP contribution in [-0.4, -0.2) is 16.1 Å². The number of benzene rings is 1. The second kappa shape index (κ2) is 6.02. The predicted octanol–water partition coefficient (Wildman–Crippen LogP) is 4.90. The van der Waals surface area contributed by atoms with Gasteiger partial charge < -0.3 is 9.84 Å². The summed E-state index contributed by atoms with van der Waals surface area (Å²) in [5, 5.41) is 8.56. The van der Waals surface area contributed by atoms with Gasteiger partial charge in [-0.05, 0) is 24.3 Å². The molecule has 0 fully saturated rings. The quantitative estimate of drug-likeness (QED) is 0.854. The Morgan fingerprint density at radius 2 is 1.86 bits per heavy atom. The van der Waals surface area contributed by atoms with Gasteiger partial charge in [0.05, 0.1) is 16.1 Å². The fraction of sp³-hybridized carbons (Fsp3) is 0.0769. The molecule has 0 aliphatic carbocycles. The molecule has 0 amide bonds. The first-order valence-corrected chi connectivity index (χ1v) is 6.37. The van der Waals surface area contributed by atoms with Crippen molar-refractivity contribution < 1.29 is 27.8 Å². The largest absolute Gasteiger partial charge is 0.478 e. The molecule has 2 rings (SSSR count). The lowest BCUT2D eigenvalue weighted by atomic mass is 10.2. The van der Waals surface area contributed by atoms with Gasteiger partial charge in [0, 0.05) is 6.20 Å². The van der Waals surface area contributed by atoms with Crippen LogP contribution in [-0.2, 0) is 6.18 Å². The van der Waals surface area contributed by atoms with Gasteiger partial charge in [-0.1, -0.05) is 23.2 Å². The van der Waals surface area contributed by atoms with E-state index in [2.05, 4.69) is 4.98 Å². The molecular formula is C13H6Cl2F3NO3. The average molecular weight is 352 g/mol. The van der Waals surface area contributed by atoms with Crippen LogP contribution < -0.4 is 4.74 Å². The van der Waals surface area contributed by atoms with Crippen LogP contribution >= 0.6 is 23.2 Å². The average Bonchev–Trinajstić information content (AvgIpc) is 2.41. The van der Waals surface area contributed by atoms with Gasteiger partial charge in [0.1, 0.15) is 10.8 Å². The molecule has 2 aromatic rings. The lowest BCUT2D eigenvalue weighted by molar-refractivity contribution is -0.137. The van der Waals surface area contributed by atoms with Gasteiger partial charge in [0.15, 0.2) is 0 Å². The first-order chi connectivity index (χ1) is 10.2. The zero-order chi connectivity index (χ0) is 16.5. The number of carbonyl (C=O) groups is 1. The number of pyridine rings is 1. The number of aromatic nitrogens is 1. The Morgan fingerprint density at radius 1 is 1.18 bits per heavy atom. The third-order valence-corrected chi connectivity index (χ3v) is 3.12. The van der Waals surface area contributed by atoms with Crippen molar-refractivity contribution in [2.45, 2.75) is 6.18 Å². The van der Waals surface area contributed by atoms with E-state index in [1.807, 2.05) is 0 Å². The third-order valence-electron chi connectivity index (χ3n) is 2.52. The minimum absolute atomic E-state index is 0.00803. The zero-order valence-corrected chi connectivity index (χ0v) is 12.0. The summed E-state index contributed by atoms with van der Waals surface area (Å²) in [6.07, 6.45) is -4.01. The number of carboxylic acid groups (broad SMARTS) is 1. The number of carboxylic acids is 1. The van der Waals surface area contributed by atoms with E-state index < -0.39 is 17.7 Å². The van der Waals surface area contributed by atoms with Crippen LogP contribution in [0.2, 0.25) is 10.0 Å². The molecule has 0 aliphatic heterocycles. The topological polar surface area (TPSA) is 59.4 Å². The molecule has 0 aliphatic rings. The molecule has 0 atom stereocenters. The lowest BCUT2D eigenvalue weighted by Gasteiger charge is -2.10. The second-order valence-electron chi connectivity index (χ2n) is 4.06. The number of alkyl halides is 3. The van der Waals surface area contributed by atoms with Crippen molar-refractivity contribution in [1.29, 1.82) is 0 Å². The van der Waals surface area contributed by atoms with Crippen LogP contribution in [0.15, 0.2) is 30.5 Å². The number of halogens is 5. The summed E-state index contributed by atoms with van der Waals surface area (Å²) in [5.41, 5.74) is -1.24. The SMILES string of the molecule is O=C(O)c1cc(Oc2ncc(C(F)(F)F)cc2Cl)ccc1Cl. The second-order valence-corrected chi connectivity index (χ2v) is 4.87. The number of hydrogen-bond acceptors (Lipinski definition) is 3. The van der Waals surface area contributed by atoms with Crippen molar-refractivity contribution in [3.05, 3.63) is 51.6 Å². The molecule has 1 aromatic heterocycles. The van der Waals surface area contributed by atoms with E-state index in [-0.39, 0.29) is 27.2 Å². The zero-order valence-electron chi connectivity index (χ0n) is 10.5. The number of nitrogens with zero attached hydrogens (tertiary/aromatic N) is 1. The summed E-state index contributed by atoms with van der Waals surface area (Å²) >= 11 is 11.4. The Balaban J connectivity index is 2.32. The van der Waals surface area contributed by atoms with Gasteiger partial charge in [-0.2, -0.15) is 13.2 Å². The van der Waals surface area contributed by atoms with E-state index >= 15 is 0 Å². The number of aromatic carboxylic acids is 1. The van der Waals surface area contributed by atoms with Crippen molar-refractivity contribution >= 4 is 29.2 Å². The van der Waals surface area contributed by atoms with Gasteiger partial charge in [-0.15, -0.1) is 0 Å². The van der Waals surface area contributed by atoms with Crippen molar-refractivity contribution in [3.8, 4) is 11.6 Å². The Labute approximate surface area is 132 Å². The molecule has 0 bridgehead atoms. The molecule has 0 saturated heterocycles. The highest BCUT2D eigenvalue weighted by atomic mass is 35.5. The molecule has 1 heterocycles. The summed E-state index contributed by atoms with van der Waals surface area (Å²) in [4.78, 5) is 14.4. The molecule has 0 radical (unpaired) electrons. The minimum atomic E-state index is -4.58. The van der Waals surface area contributed by atoms with Crippen molar-refractivity contribution in [3.63, 3.8) is 0 Å². The summed E-state index contributed by atoms with van der Waals surface area (Å²) in [7, 11) is 0. The van der Waals surface area contributed by atoms with Crippen LogP contribution in [0.3, 0.4) is 0 Å². The molecule has 4 nitrogen and oxygen atoms in total. The molecule has 1 aromatic carbocycles. The third kappa shape index (κ3) is 3.61. The van der Waals surface area contributed by atoms with E-state index in [0.29, 0.717) is 12.3 Å². The van der Waals surface area contributed by atoms with Crippen molar-refractivity contribution in [2.24, 2.45) is 0 Å². The first-order valence-electron chi connectivity index (χ1n) is 5.62. The summed E-state index contributed by atoms with van der Waals surface area (Å²) in [6, 6.07) is 4.39. The van der Waals surface area contributed by atoms with E-state index in [0.717, 1.165) is 6.07 Å². The number of hydrogen-bond donors (Lipinski definition) is 1. The van der Waals surface area contributed by atoms with E-state index in [9.17, 15) is 18.0 Å². The van der Waals surface area contributed by atoms with E-state index in [1.165, 1.54) is 12.1 Å². The van der Waals surface area contributed by atoms with Crippen LogP contribution in [0, 0.1) is 0 Å². The smallest absolute Gasteiger partial charge is 0.417 e. The Hall–Kier alpha value is -1.99. The normalized spacial score (nSPS) is 11.3. The van der Waals surface area contributed by atoms with Gasteiger partial charge in [-0.3, -0.25) is 0 Å². The van der Waals surface area contributed by atoms with Crippen LogP contribution in [0.5, 0.6) is 11.6 Å². The van der Waals surface area contributed by atoms with Gasteiger partial charge >= 0.3 is 12.1 Å². The molecule has 0 spiro atoms. The van der Waals surface area contributed by atoms with Crippen LogP contribution in [0.25, 0.3) is 0 Å². The van der Waals surface area contributed by atoms with Crippen molar-refractivity contribution in [1.82, 2.24) is 4.98 Å². The van der Waals surface area contributed by atoms with Crippen LogP contribution in [0.4, 0.5) is 13.2 Å². The summed E-state index contributed by atoms with van der Waals surface area (Å²) in [6.45, 7) is 0. The summed E-state index contributed by atoms with van der Waals surface area (Å²) in [5.74, 6) is -1.54. The summed E-state index contributed by atoms with van der Waals surface area (Å²) < 4.78 is 42.7. The Morgan fingerprint density at radius 3 is 2.41 bits per heavy atom. The standard InChI is InChI=1S/C13H6Cl2F3NO3/c14-9-2-1-7(4-8(9)12(20)21)22-11-10(15)3-6(5-19-11)13(16,17)18/h1-5H,(H,20,21). The van der Waals surface area contributed by atoms with Crippen molar-refractivity contribution in [2.75, 3.05) is 0 Å². The highest BCUT2D eigenvalue weighted by Gasteiger charge is 2.31. The lowest BCUT2D eigenvalue weighted by Crippen LogP contribution is -2.06. The molecule has 9 heteroatoms. The maximum atomic E-state index is 12.5. The molecule has 1 N–H and O–H groups in total. The first kappa shape index (κ1) is 16.4. The highest BCUT2D eigenvalue weighted by molar-refractivity contribution is 6.33. The molecule has 116 valence electrons. The number of rotatable bonds is 3.